The van der Waals surface area contributed by atoms with Crippen molar-refractivity contribution in [2.24, 2.45) is 0 Å². The molecule has 0 aliphatic heterocycles. The molecule has 37 heavy (non-hydrogen) atoms. The standard InChI is InChI=1S/C35H26N2/c1-3-9-25(10-4-1)27-17-21-30(23-27)36-29-19-15-26(16-20-29)28-18-22-35-33(24-28)32-13-7-8-14-34(32)37(35)31-11-5-2-6-12-31/h1-22,24,36H,23H2. The van der Waals surface area contributed by atoms with Crippen molar-refractivity contribution >= 4 is 33.1 Å². The number of allylic oxidation sites excluding steroid dienone is 3. The minimum atomic E-state index is 0.925. The topological polar surface area (TPSA) is 17.0 Å². The van der Waals surface area contributed by atoms with Gasteiger partial charge in [0.15, 0.2) is 0 Å². The first kappa shape index (κ1) is 21.5. The summed E-state index contributed by atoms with van der Waals surface area (Å²) in [6, 6.07) is 45.5. The van der Waals surface area contributed by atoms with Crippen molar-refractivity contribution in [3.63, 3.8) is 0 Å². The minimum Gasteiger partial charge on any atom is -0.359 e. The molecule has 5 aromatic carbocycles. The number of fused-ring (bicyclic) bond motifs is 3. The lowest BCUT2D eigenvalue weighted by Gasteiger charge is -2.11. The Morgan fingerprint density at radius 1 is 0.514 bits per heavy atom. The van der Waals surface area contributed by atoms with Crippen LogP contribution in [0.5, 0.6) is 0 Å². The van der Waals surface area contributed by atoms with Crippen molar-refractivity contribution in [1.29, 1.82) is 0 Å². The van der Waals surface area contributed by atoms with E-state index in [2.05, 4.69) is 149 Å². The molecule has 0 amide bonds. The van der Waals surface area contributed by atoms with Gasteiger partial charge in [-0.25, -0.2) is 0 Å². The van der Waals surface area contributed by atoms with Gasteiger partial charge in [0, 0.05) is 34.3 Å². The van der Waals surface area contributed by atoms with E-state index in [-0.39, 0.29) is 0 Å². The number of rotatable bonds is 5. The van der Waals surface area contributed by atoms with Crippen molar-refractivity contribution in [1.82, 2.24) is 4.57 Å². The summed E-state index contributed by atoms with van der Waals surface area (Å²) in [6.07, 6.45) is 5.33. The van der Waals surface area contributed by atoms with Gasteiger partial charge < -0.3 is 9.88 Å². The Kier molecular flexibility index (Phi) is 5.22. The van der Waals surface area contributed by atoms with E-state index in [9.17, 15) is 0 Å². The molecule has 1 aliphatic rings. The average Bonchev–Trinajstić information content (AvgIpc) is 3.57. The van der Waals surface area contributed by atoms with E-state index in [1.54, 1.807) is 0 Å². The lowest BCUT2D eigenvalue weighted by atomic mass is 10.0. The fourth-order valence-corrected chi connectivity index (χ4v) is 5.40. The number of hydrogen-bond acceptors (Lipinski definition) is 1. The van der Waals surface area contributed by atoms with Gasteiger partial charge in [0.25, 0.3) is 0 Å². The number of anilines is 1. The molecule has 2 heteroatoms. The molecule has 7 rings (SSSR count). The fourth-order valence-electron chi connectivity index (χ4n) is 5.40. The highest BCUT2D eigenvalue weighted by molar-refractivity contribution is 6.10. The van der Waals surface area contributed by atoms with Gasteiger partial charge in [-0.15, -0.1) is 0 Å². The van der Waals surface area contributed by atoms with Gasteiger partial charge in [-0.3, -0.25) is 0 Å². The van der Waals surface area contributed by atoms with Crippen LogP contribution >= 0.6 is 0 Å². The van der Waals surface area contributed by atoms with Crippen LogP contribution in [0.1, 0.15) is 12.0 Å². The second-order valence-corrected chi connectivity index (χ2v) is 9.55. The molecule has 0 bridgehead atoms. The van der Waals surface area contributed by atoms with Crippen molar-refractivity contribution in [2.45, 2.75) is 6.42 Å². The van der Waals surface area contributed by atoms with Gasteiger partial charge in [0.05, 0.1) is 11.0 Å². The predicted molar refractivity (Wildman–Crippen MR) is 157 cm³/mol. The molecule has 1 heterocycles. The van der Waals surface area contributed by atoms with Gasteiger partial charge >= 0.3 is 0 Å². The molecular formula is C35H26N2. The molecule has 1 aromatic heterocycles. The lowest BCUT2D eigenvalue weighted by Crippen LogP contribution is -1.97. The monoisotopic (exact) mass is 474 g/mol. The van der Waals surface area contributed by atoms with Gasteiger partial charge in [-0.1, -0.05) is 91.0 Å². The number of nitrogens with zero attached hydrogens (tertiary/aromatic N) is 1. The van der Waals surface area contributed by atoms with E-state index in [1.165, 1.54) is 55.5 Å². The molecule has 0 unspecified atom stereocenters. The zero-order valence-corrected chi connectivity index (χ0v) is 20.4. The second-order valence-electron chi connectivity index (χ2n) is 9.55. The highest BCUT2D eigenvalue weighted by Gasteiger charge is 2.13. The number of para-hydroxylation sites is 2. The van der Waals surface area contributed by atoms with E-state index in [1.807, 2.05) is 0 Å². The molecule has 0 saturated carbocycles. The molecular weight excluding hydrogens is 448 g/mol. The van der Waals surface area contributed by atoms with Crippen LogP contribution in [-0.4, -0.2) is 4.57 Å². The summed E-state index contributed by atoms with van der Waals surface area (Å²) < 4.78 is 2.36. The van der Waals surface area contributed by atoms with Crippen molar-refractivity contribution < 1.29 is 0 Å². The van der Waals surface area contributed by atoms with Gasteiger partial charge in [0.2, 0.25) is 0 Å². The number of aromatic nitrogens is 1. The molecule has 0 spiro atoms. The molecule has 1 aliphatic carbocycles. The maximum absolute atomic E-state index is 3.60. The Morgan fingerprint density at radius 2 is 1.19 bits per heavy atom. The average molecular weight is 475 g/mol. The maximum Gasteiger partial charge on any atom is 0.0541 e. The quantitative estimate of drug-likeness (QED) is 0.263. The van der Waals surface area contributed by atoms with E-state index in [0.29, 0.717) is 0 Å². The summed E-state index contributed by atoms with van der Waals surface area (Å²) in [5.41, 5.74) is 11.1. The Labute approximate surface area is 216 Å². The first-order chi connectivity index (χ1) is 18.3. The molecule has 1 N–H and O–H groups in total. The Morgan fingerprint density at radius 3 is 2.00 bits per heavy atom. The Bertz CT molecular complexity index is 1790. The third-order valence-corrected chi connectivity index (χ3v) is 7.22. The van der Waals surface area contributed by atoms with Gasteiger partial charge in [-0.2, -0.15) is 0 Å². The van der Waals surface area contributed by atoms with Gasteiger partial charge in [-0.05, 0) is 70.8 Å². The molecule has 6 aromatic rings. The molecule has 2 nitrogen and oxygen atoms in total. The molecule has 0 saturated heterocycles. The van der Waals surface area contributed by atoms with Crippen LogP contribution in [0.3, 0.4) is 0 Å². The number of benzene rings is 5. The van der Waals surface area contributed by atoms with E-state index in [4.69, 9.17) is 0 Å². The maximum atomic E-state index is 3.60. The van der Waals surface area contributed by atoms with Crippen LogP contribution in [0.4, 0.5) is 5.69 Å². The molecule has 0 fully saturated rings. The van der Waals surface area contributed by atoms with Crippen LogP contribution < -0.4 is 5.32 Å². The molecule has 176 valence electrons. The van der Waals surface area contributed by atoms with Crippen LogP contribution in [0.15, 0.2) is 145 Å². The second kappa shape index (κ2) is 9.00. The van der Waals surface area contributed by atoms with Crippen molar-refractivity contribution in [2.75, 3.05) is 5.32 Å². The smallest absolute Gasteiger partial charge is 0.0541 e. The first-order valence-electron chi connectivity index (χ1n) is 12.7. The first-order valence-corrected chi connectivity index (χ1v) is 12.7. The van der Waals surface area contributed by atoms with E-state index in [0.717, 1.165) is 12.1 Å². The van der Waals surface area contributed by atoms with Crippen LogP contribution in [0, 0.1) is 0 Å². The van der Waals surface area contributed by atoms with Crippen LogP contribution in [0.25, 0.3) is 44.2 Å². The lowest BCUT2D eigenvalue weighted by molar-refractivity contribution is 1.18. The highest BCUT2D eigenvalue weighted by Crippen LogP contribution is 2.35. The van der Waals surface area contributed by atoms with E-state index < -0.39 is 0 Å². The molecule has 0 atom stereocenters. The zero-order valence-electron chi connectivity index (χ0n) is 20.4. The molecule has 0 radical (unpaired) electrons. The third kappa shape index (κ3) is 3.93. The summed E-state index contributed by atoms with van der Waals surface area (Å²) in [4.78, 5) is 0. The zero-order chi connectivity index (χ0) is 24.6. The summed E-state index contributed by atoms with van der Waals surface area (Å²) >= 11 is 0. The Balaban J connectivity index is 1.17. The van der Waals surface area contributed by atoms with Crippen molar-refractivity contribution in [3.05, 3.63) is 151 Å². The summed E-state index contributed by atoms with van der Waals surface area (Å²) in [5.74, 6) is 0. The largest absolute Gasteiger partial charge is 0.359 e. The van der Waals surface area contributed by atoms with Crippen molar-refractivity contribution in [3.8, 4) is 16.8 Å². The van der Waals surface area contributed by atoms with Crippen LogP contribution in [0.2, 0.25) is 0 Å². The minimum absolute atomic E-state index is 0.925. The number of hydrogen-bond donors (Lipinski definition) is 1. The normalized spacial score (nSPS) is 13.1. The SMILES string of the molecule is C1=C(Nc2ccc(-c3ccc4c(c3)c3ccccc3n4-c3ccccc3)cc2)CC(c2ccccc2)=C1. The fraction of sp³-hybridized carbons (Fsp3) is 0.0286. The highest BCUT2D eigenvalue weighted by atomic mass is 15.0. The number of nitrogens with one attached hydrogen (secondary N) is 1. The summed E-state index contributed by atoms with van der Waals surface area (Å²) in [6.45, 7) is 0. The van der Waals surface area contributed by atoms with Gasteiger partial charge in [0.1, 0.15) is 0 Å². The third-order valence-electron chi connectivity index (χ3n) is 7.22. The van der Waals surface area contributed by atoms with Crippen LogP contribution in [-0.2, 0) is 0 Å². The summed E-state index contributed by atoms with van der Waals surface area (Å²) in [7, 11) is 0. The summed E-state index contributed by atoms with van der Waals surface area (Å²) in [5, 5.41) is 6.15. The Hall–Kier alpha value is -4.82. The van der Waals surface area contributed by atoms with E-state index >= 15 is 0 Å². The predicted octanol–water partition coefficient (Wildman–Crippen LogP) is 9.23.